The van der Waals surface area contributed by atoms with Crippen molar-refractivity contribution >= 4 is 34.1 Å². The van der Waals surface area contributed by atoms with Crippen molar-refractivity contribution in [1.82, 2.24) is 9.55 Å². The monoisotopic (exact) mass is 462 g/mol. The predicted molar refractivity (Wildman–Crippen MR) is 122 cm³/mol. The zero-order valence-corrected chi connectivity index (χ0v) is 18.0. The molecular weight excluding hydrogens is 447 g/mol. The van der Waals surface area contributed by atoms with Crippen molar-refractivity contribution in [2.75, 3.05) is 5.32 Å². The van der Waals surface area contributed by atoms with Gasteiger partial charge in [-0.3, -0.25) is 14.2 Å². The molecular formula is C24H16ClFN4O3. The summed E-state index contributed by atoms with van der Waals surface area (Å²) in [7, 11) is 0. The highest BCUT2D eigenvalue weighted by Crippen LogP contribution is 2.29. The smallest absolute Gasteiger partial charge is 0.263 e. The zero-order chi connectivity index (χ0) is 23.7. The molecule has 0 radical (unpaired) electrons. The van der Waals surface area contributed by atoms with Crippen molar-refractivity contribution in [2.45, 2.75) is 13.0 Å². The Hall–Kier alpha value is -4.22. The molecule has 2 N–H and O–H groups in total. The van der Waals surface area contributed by atoms with Gasteiger partial charge in [-0.1, -0.05) is 29.8 Å². The van der Waals surface area contributed by atoms with Gasteiger partial charge in [0.05, 0.1) is 39.5 Å². The first-order valence-electron chi connectivity index (χ1n) is 9.79. The van der Waals surface area contributed by atoms with Gasteiger partial charge < -0.3 is 10.4 Å². The second kappa shape index (κ2) is 8.73. The number of amides is 1. The topological polar surface area (TPSA) is 108 Å². The fourth-order valence-electron chi connectivity index (χ4n) is 3.50. The van der Waals surface area contributed by atoms with Crippen molar-refractivity contribution < 1.29 is 14.3 Å². The van der Waals surface area contributed by atoms with Crippen LogP contribution in [0.2, 0.25) is 5.02 Å². The van der Waals surface area contributed by atoms with E-state index >= 15 is 0 Å². The molecule has 1 atom stereocenters. The lowest BCUT2D eigenvalue weighted by molar-refractivity contribution is 0.102. The Kier molecular flexibility index (Phi) is 5.82. The van der Waals surface area contributed by atoms with Gasteiger partial charge in [0, 0.05) is 5.56 Å². The molecule has 0 bridgehead atoms. The van der Waals surface area contributed by atoms with Crippen LogP contribution in [0.3, 0.4) is 0 Å². The van der Waals surface area contributed by atoms with Gasteiger partial charge in [-0.15, -0.1) is 0 Å². The van der Waals surface area contributed by atoms with Crippen LogP contribution in [0, 0.1) is 17.1 Å². The lowest BCUT2D eigenvalue weighted by Crippen LogP contribution is -2.25. The first kappa shape index (κ1) is 22.0. The number of hydrogen-bond acceptors (Lipinski definition) is 5. The summed E-state index contributed by atoms with van der Waals surface area (Å²) in [6.45, 7) is 1.74. The van der Waals surface area contributed by atoms with Crippen molar-refractivity contribution in [3.63, 3.8) is 0 Å². The standard InChI is InChI=1S/C24H16ClFN4O3/c1-13(14-4-2-5-17(26)9-14)30-12-28-19-6-3-7-20(21(19)24(30)33)29-23(32)15-8-16(11-27)22(31)18(25)10-15/h2-10,12-13,31H,1H3,(H,29,32)/t13-/m0/s1. The third-order valence-corrected chi connectivity index (χ3v) is 5.54. The number of benzene rings is 3. The minimum atomic E-state index is -0.631. The summed E-state index contributed by atoms with van der Waals surface area (Å²) in [4.78, 5) is 30.5. The number of nitrogens with zero attached hydrogens (tertiary/aromatic N) is 3. The fraction of sp³-hybridized carbons (Fsp3) is 0.0833. The van der Waals surface area contributed by atoms with Gasteiger partial charge in [-0.05, 0) is 48.9 Å². The Balaban J connectivity index is 1.77. The molecule has 0 aliphatic rings. The number of carbonyl (C=O) groups is 1. The number of anilines is 1. The molecule has 7 nitrogen and oxygen atoms in total. The molecule has 0 saturated heterocycles. The summed E-state index contributed by atoms with van der Waals surface area (Å²) in [5.41, 5.74) is 0.610. The van der Waals surface area contributed by atoms with Crippen molar-refractivity contribution in [2.24, 2.45) is 0 Å². The average molecular weight is 463 g/mol. The minimum Gasteiger partial charge on any atom is -0.505 e. The van der Waals surface area contributed by atoms with Crippen LogP contribution in [0.4, 0.5) is 10.1 Å². The number of nitrogens with one attached hydrogen (secondary N) is 1. The number of fused-ring (bicyclic) bond motifs is 1. The van der Waals surface area contributed by atoms with Gasteiger partial charge in [-0.25, -0.2) is 9.37 Å². The van der Waals surface area contributed by atoms with Gasteiger partial charge in [0.15, 0.2) is 5.75 Å². The first-order valence-corrected chi connectivity index (χ1v) is 10.2. The molecule has 9 heteroatoms. The van der Waals surface area contributed by atoms with Crippen LogP contribution >= 0.6 is 11.6 Å². The molecule has 0 aliphatic carbocycles. The van der Waals surface area contributed by atoms with Gasteiger partial charge in [-0.2, -0.15) is 5.26 Å². The van der Waals surface area contributed by atoms with Gasteiger partial charge in [0.2, 0.25) is 0 Å². The van der Waals surface area contributed by atoms with Gasteiger partial charge >= 0.3 is 0 Å². The van der Waals surface area contributed by atoms with E-state index in [1.165, 1.54) is 35.2 Å². The van der Waals surface area contributed by atoms with Gasteiger partial charge in [0.1, 0.15) is 11.9 Å². The highest BCUT2D eigenvalue weighted by molar-refractivity contribution is 6.32. The van der Waals surface area contributed by atoms with E-state index in [0.717, 1.165) is 0 Å². The van der Waals surface area contributed by atoms with E-state index < -0.39 is 29.1 Å². The molecule has 0 unspecified atom stereocenters. The van der Waals surface area contributed by atoms with Crippen LogP contribution in [0.5, 0.6) is 5.75 Å². The Morgan fingerprint density at radius 3 is 2.73 bits per heavy atom. The lowest BCUT2D eigenvalue weighted by Gasteiger charge is -2.17. The molecule has 3 aromatic carbocycles. The minimum absolute atomic E-state index is 0.0312. The number of phenolic OH excluding ortho intramolecular Hbond substituents is 1. The molecule has 1 amide bonds. The summed E-state index contributed by atoms with van der Waals surface area (Å²) in [5, 5.41) is 21.6. The fourth-order valence-corrected chi connectivity index (χ4v) is 3.71. The van der Waals surface area contributed by atoms with Crippen LogP contribution in [-0.4, -0.2) is 20.6 Å². The number of phenols is 1. The Morgan fingerprint density at radius 2 is 2.00 bits per heavy atom. The SMILES string of the molecule is C[C@@H](c1cccc(F)c1)n1cnc2cccc(NC(=O)c3cc(Cl)c(O)c(C#N)c3)c2c1=O. The van der Waals surface area contributed by atoms with Crippen LogP contribution in [0.15, 0.2) is 65.7 Å². The second-order valence-corrected chi connectivity index (χ2v) is 7.72. The van der Waals surface area contributed by atoms with Gasteiger partial charge in [0.25, 0.3) is 11.5 Å². The largest absolute Gasteiger partial charge is 0.505 e. The number of nitriles is 1. The van der Waals surface area contributed by atoms with E-state index in [1.54, 1.807) is 43.3 Å². The molecule has 0 spiro atoms. The lowest BCUT2D eigenvalue weighted by atomic mass is 10.1. The Morgan fingerprint density at radius 1 is 1.24 bits per heavy atom. The summed E-state index contributed by atoms with van der Waals surface area (Å²) < 4.78 is 15.0. The van der Waals surface area contributed by atoms with Crippen molar-refractivity contribution in [3.8, 4) is 11.8 Å². The van der Waals surface area contributed by atoms with Crippen molar-refractivity contribution in [1.29, 1.82) is 5.26 Å². The Labute approximate surface area is 192 Å². The van der Waals surface area contributed by atoms with Crippen LogP contribution in [0.1, 0.15) is 34.5 Å². The van der Waals surface area contributed by atoms with Crippen LogP contribution in [0.25, 0.3) is 10.9 Å². The highest BCUT2D eigenvalue weighted by Gasteiger charge is 2.18. The predicted octanol–water partition coefficient (Wildman–Crippen LogP) is 4.63. The van der Waals surface area contributed by atoms with E-state index in [1.807, 2.05) is 0 Å². The van der Waals surface area contributed by atoms with E-state index in [9.17, 15) is 19.1 Å². The number of aromatic nitrogens is 2. The summed E-state index contributed by atoms with van der Waals surface area (Å²) in [6.07, 6.45) is 1.38. The van der Waals surface area contributed by atoms with E-state index in [4.69, 9.17) is 16.9 Å². The maximum absolute atomic E-state index is 13.7. The molecule has 164 valence electrons. The second-order valence-electron chi connectivity index (χ2n) is 7.31. The van der Waals surface area contributed by atoms with Crippen molar-refractivity contribution in [3.05, 3.63) is 98.8 Å². The molecule has 1 aromatic heterocycles. The Bertz CT molecular complexity index is 1510. The third kappa shape index (κ3) is 4.14. The highest BCUT2D eigenvalue weighted by atomic mass is 35.5. The molecule has 0 saturated carbocycles. The number of halogens is 2. The zero-order valence-electron chi connectivity index (χ0n) is 17.2. The summed E-state index contributed by atoms with van der Waals surface area (Å²) >= 11 is 5.92. The van der Waals surface area contributed by atoms with Crippen LogP contribution in [-0.2, 0) is 0 Å². The maximum atomic E-state index is 13.7. The molecule has 1 heterocycles. The van der Waals surface area contributed by atoms with E-state index in [0.29, 0.717) is 11.1 Å². The number of aromatic hydroxyl groups is 1. The number of hydrogen-bond donors (Lipinski definition) is 2. The van der Waals surface area contributed by atoms with E-state index in [2.05, 4.69) is 10.3 Å². The average Bonchev–Trinajstić information content (AvgIpc) is 2.80. The third-order valence-electron chi connectivity index (χ3n) is 5.25. The molecule has 4 rings (SSSR count). The number of carbonyl (C=O) groups excluding carboxylic acids is 1. The first-order chi connectivity index (χ1) is 15.8. The summed E-state index contributed by atoms with van der Waals surface area (Å²) in [5.74, 6) is -1.47. The molecule has 0 fully saturated rings. The van der Waals surface area contributed by atoms with E-state index in [-0.39, 0.29) is 27.2 Å². The molecule has 0 aliphatic heterocycles. The molecule has 4 aromatic rings. The normalized spacial score (nSPS) is 11.7. The summed E-state index contributed by atoms with van der Waals surface area (Å²) in [6, 6.07) is 14.4. The maximum Gasteiger partial charge on any atom is 0.263 e. The molecule has 33 heavy (non-hydrogen) atoms. The number of rotatable bonds is 4. The quantitative estimate of drug-likeness (QED) is 0.459. The van der Waals surface area contributed by atoms with Crippen LogP contribution < -0.4 is 10.9 Å².